The molecule has 0 saturated heterocycles. The summed E-state index contributed by atoms with van der Waals surface area (Å²) in [5.41, 5.74) is 2.99. The quantitative estimate of drug-likeness (QED) is 0.890. The van der Waals surface area contributed by atoms with Gasteiger partial charge in [-0.15, -0.1) is 0 Å². The lowest BCUT2D eigenvalue weighted by molar-refractivity contribution is 0.218. The summed E-state index contributed by atoms with van der Waals surface area (Å²) in [6.07, 6.45) is 2.42. The number of fused-ring (bicyclic) bond motifs is 1. The van der Waals surface area contributed by atoms with Crippen LogP contribution in [-0.2, 0) is 6.42 Å². The minimum absolute atomic E-state index is 0.532. The fourth-order valence-corrected chi connectivity index (χ4v) is 3.48. The van der Waals surface area contributed by atoms with Crippen LogP contribution in [0.4, 0.5) is 0 Å². The second-order valence-electron chi connectivity index (χ2n) is 6.12. The first kappa shape index (κ1) is 15.0. The first-order chi connectivity index (χ1) is 8.99. The first-order valence-corrected chi connectivity index (χ1v) is 7.96. The van der Waals surface area contributed by atoms with Crippen LogP contribution < -0.4 is 5.32 Å². The number of nitrogens with one attached hydrogen (secondary N) is 1. The van der Waals surface area contributed by atoms with Crippen LogP contribution in [0.3, 0.4) is 0 Å². The van der Waals surface area contributed by atoms with E-state index in [1.165, 1.54) is 28.4 Å². The summed E-state index contributed by atoms with van der Waals surface area (Å²) in [4.78, 5) is 2.33. The first-order valence-electron chi connectivity index (χ1n) is 7.17. The highest BCUT2D eigenvalue weighted by atomic mass is 79.9. The number of rotatable bonds is 5. The molecule has 1 aliphatic carbocycles. The maximum atomic E-state index is 3.76. The second kappa shape index (κ2) is 6.38. The van der Waals surface area contributed by atoms with E-state index in [9.17, 15) is 0 Å². The summed E-state index contributed by atoms with van der Waals surface area (Å²) < 4.78 is 1.19. The molecule has 2 rings (SSSR count). The van der Waals surface area contributed by atoms with Gasteiger partial charge in [-0.05, 0) is 56.1 Å². The Hall–Kier alpha value is -0.380. The number of benzene rings is 1. The van der Waals surface area contributed by atoms with Crippen molar-refractivity contribution in [2.75, 3.05) is 20.6 Å². The molecule has 0 aromatic heterocycles. The number of hydrogen-bond donors (Lipinski definition) is 1. The molecule has 106 valence electrons. The van der Waals surface area contributed by atoms with Gasteiger partial charge in [-0.25, -0.2) is 0 Å². The van der Waals surface area contributed by atoms with E-state index in [4.69, 9.17) is 0 Å². The molecule has 0 bridgehead atoms. The SMILES string of the molecule is CC(C)C(CNC1CCc2cc(Br)ccc21)N(C)C. The van der Waals surface area contributed by atoms with Crippen LogP contribution in [0.5, 0.6) is 0 Å². The predicted molar refractivity (Wildman–Crippen MR) is 85.5 cm³/mol. The standard InChI is InChI=1S/C16H25BrN2/c1-11(2)16(19(3)4)10-18-15-8-5-12-9-13(17)6-7-14(12)15/h6-7,9,11,15-16,18H,5,8,10H2,1-4H3. The lowest BCUT2D eigenvalue weighted by Crippen LogP contribution is -2.42. The summed E-state index contributed by atoms with van der Waals surface area (Å²) in [5.74, 6) is 0.674. The lowest BCUT2D eigenvalue weighted by atomic mass is 10.0. The molecule has 0 aliphatic heterocycles. The number of nitrogens with zero attached hydrogens (tertiary/aromatic N) is 1. The molecule has 2 atom stereocenters. The van der Waals surface area contributed by atoms with Gasteiger partial charge in [0.2, 0.25) is 0 Å². The van der Waals surface area contributed by atoms with E-state index >= 15 is 0 Å². The van der Waals surface area contributed by atoms with Crippen molar-refractivity contribution in [3.05, 3.63) is 33.8 Å². The van der Waals surface area contributed by atoms with Gasteiger partial charge in [0.05, 0.1) is 0 Å². The summed E-state index contributed by atoms with van der Waals surface area (Å²) >= 11 is 3.56. The van der Waals surface area contributed by atoms with Gasteiger partial charge < -0.3 is 10.2 Å². The van der Waals surface area contributed by atoms with Crippen molar-refractivity contribution in [2.24, 2.45) is 5.92 Å². The van der Waals surface area contributed by atoms with E-state index < -0.39 is 0 Å². The molecule has 1 aromatic carbocycles. The zero-order valence-corrected chi connectivity index (χ0v) is 14.0. The Balaban J connectivity index is 1.99. The monoisotopic (exact) mass is 324 g/mol. The predicted octanol–water partition coefficient (Wildman–Crippen LogP) is 3.61. The van der Waals surface area contributed by atoms with Crippen LogP contribution in [-0.4, -0.2) is 31.6 Å². The van der Waals surface area contributed by atoms with E-state index in [1.54, 1.807) is 0 Å². The van der Waals surface area contributed by atoms with Gasteiger partial charge in [0.1, 0.15) is 0 Å². The van der Waals surface area contributed by atoms with Gasteiger partial charge in [0.15, 0.2) is 0 Å². The van der Waals surface area contributed by atoms with Crippen LogP contribution in [0.25, 0.3) is 0 Å². The second-order valence-corrected chi connectivity index (χ2v) is 7.03. The molecular formula is C16H25BrN2. The summed E-state index contributed by atoms with van der Waals surface area (Å²) in [6.45, 7) is 5.66. The molecule has 0 radical (unpaired) electrons. The average Bonchev–Trinajstić information content (AvgIpc) is 2.71. The highest BCUT2D eigenvalue weighted by Crippen LogP contribution is 2.33. The minimum atomic E-state index is 0.532. The highest BCUT2D eigenvalue weighted by Gasteiger charge is 2.24. The Bertz CT molecular complexity index is 421. The number of likely N-dealkylation sites (N-methyl/N-ethyl adjacent to an activating group) is 1. The van der Waals surface area contributed by atoms with Gasteiger partial charge in [-0.1, -0.05) is 35.8 Å². The molecule has 19 heavy (non-hydrogen) atoms. The fraction of sp³-hybridized carbons (Fsp3) is 0.625. The van der Waals surface area contributed by atoms with Crippen molar-refractivity contribution in [3.63, 3.8) is 0 Å². The molecule has 0 fully saturated rings. The van der Waals surface area contributed by atoms with Gasteiger partial charge in [0, 0.05) is 23.1 Å². The Labute approximate surface area is 125 Å². The molecule has 0 heterocycles. The molecule has 0 saturated carbocycles. The van der Waals surface area contributed by atoms with Crippen molar-refractivity contribution in [1.29, 1.82) is 0 Å². The van der Waals surface area contributed by atoms with Gasteiger partial charge >= 0.3 is 0 Å². The number of hydrogen-bond acceptors (Lipinski definition) is 2. The molecule has 2 unspecified atom stereocenters. The maximum Gasteiger partial charge on any atom is 0.0326 e. The summed E-state index contributed by atoms with van der Waals surface area (Å²) in [7, 11) is 4.35. The van der Waals surface area contributed by atoms with Crippen LogP contribution in [0, 0.1) is 5.92 Å². The largest absolute Gasteiger partial charge is 0.308 e. The molecule has 1 aromatic rings. The maximum absolute atomic E-state index is 3.76. The van der Waals surface area contributed by atoms with E-state index in [2.05, 4.69) is 72.3 Å². The Morgan fingerprint density at radius 3 is 2.74 bits per heavy atom. The third kappa shape index (κ3) is 3.59. The van der Waals surface area contributed by atoms with Crippen LogP contribution in [0.1, 0.15) is 37.4 Å². The fourth-order valence-electron chi connectivity index (χ4n) is 3.08. The van der Waals surface area contributed by atoms with E-state index in [1.807, 2.05) is 0 Å². The van der Waals surface area contributed by atoms with Crippen molar-refractivity contribution in [2.45, 2.75) is 38.8 Å². The van der Waals surface area contributed by atoms with E-state index in [0.29, 0.717) is 18.0 Å². The van der Waals surface area contributed by atoms with E-state index in [0.717, 1.165) is 6.54 Å². The molecule has 0 amide bonds. The van der Waals surface area contributed by atoms with Crippen molar-refractivity contribution < 1.29 is 0 Å². The number of aryl methyl sites for hydroxylation is 1. The van der Waals surface area contributed by atoms with Gasteiger partial charge in [-0.2, -0.15) is 0 Å². The normalized spacial score (nSPS) is 20.1. The molecule has 1 aliphatic rings. The van der Waals surface area contributed by atoms with Crippen molar-refractivity contribution >= 4 is 15.9 Å². The highest BCUT2D eigenvalue weighted by molar-refractivity contribution is 9.10. The smallest absolute Gasteiger partial charge is 0.0326 e. The summed E-state index contributed by atoms with van der Waals surface area (Å²) in [6, 6.07) is 7.82. The molecular weight excluding hydrogens is 300 g/mol. The summed E-state index contributed by atoms with van der Waals surface area (Å²) in [5, 5.41) is 3.76. The molecule has 1 N–H and O–H groups in total. The third-order valence-electron chi connectivity index (χ3n) is 4.19. The Morgan fingerprint density at radius 1 is 1.37 bits per heavy atom. The Kier molecular flexibility index (Phi) is 5.04. The van der Waals surface area contributed by atoms with Gasteiger partial charge in [0.25, 0.3) is 0 Å². The number of halogens is 1. The van der Waals surface area contributed by atoms with Crippen molar-refractivity contribution in [3.8, 4) is 0 Å². The molecule has 0 spiro atoms. The zero-order valence-electron chi connectivity index (χ0n) is 12.4. The van der Waals surface area contributed by atoms with Crippen LogP contribution in [0.2, 0.25) is 0 Å². The van der Waals surface area contributed by atoms with Crippen LogP contribution >= 0.6 is 15.9 Å². The van der Waals surface area contributed by atoms with Crippen molar-refractivity contribution in [1.82, 2.24) is 10.2 Å². The minimum Gasteiger partial charge on any atom is -0.308 e. The topological polar surface area (TPSA) is 15.3 Å². The zero-order chi connectivity index (χ0) is 14.0. The van der Waals surface area contributed by atoms with Gasteiger partial charge in [-0.3, -0.25) is 0 Å². The third-order valence-corrected chi connectivity index (χ3v) is 4.68. The lowest BCUT2D eigenvalue weighted by Gasteiger charge is -2.29. The molecule has 2 nitrogen and oxygen atoms in total. The van der Waals surface area contributed by atoms with E-state index in [-0.39, 0.29) is 0 Å². The average molecular weight is 325 g/mol. The van der Waals surface area contributed by atoms with Crippen LogP contribution in [0.15, 0.2) is 22.7 Å². The molecule has 3 heteroatoms. The Morgan fingerprint density at radius 2 is 2.11 bits per heavy atom.